The third kappa shape index (κ3) is 3.50. The predicted octanol–water partition coefficient (Wildman–Crippen LogP) is 5.86. The van der Waals surface area contributed by atoms with Crippen LogP contribution in [0.25, 0.3) is 0 Å². The number of anilines is 1. The van der Waals surface area contributed by atoms with Crippen molar-refractivity contribution < 1.29 is 13.9 Å². The lowest BCUT2D eigenvalue weighted by Gasteiger charge is -2.42. The summed E-state index contributed by atoms with van der Waals surface area (Å²) in [6, 6.07) is 13.3. The van der Waals surface area contributed by atoms with E-state index in [1.165, 1.54) is 55.5 Å². The van der Waals surface area contributed by atoms with E-state index in [4.69, 9.17) is 9.47 Å². The van der Waals surface area contributed by atoms with Gasteiger partial charge in [-0.3, -0.25) is 0 Å². The molecule has 0 radical (unpaired) electrons. The van der Waals surface area contributed by atoms with E-state index in [0.717, 1.165) is 30.3 Å². The molecule has 1 saturated heterocycles. The number of hydrogen-bond donors (Lipinski definition) is 1. The van der Waals surface area contributed by atoms with Crippen LogP contribution in [0.5, 0.6) is 5.75 Å². The maximum atomic E-state index is 13.1. The van der Waals surface area contributed by atoms with Gasteiger partial charge in [-0.05, 0) is 61.1 Å². The van der Waals surface area contributed by atoms with E-state index >= 15 is 0 Å². The van der Waals surface area contributed by atoms with Gasteiger partial charge >= 0.3 is 0 Å². The van der Waals surface area contributed by atoms with Crippen molar-refractivity contribution in [3.8, 4) is 5.75 Å². The zero-order valence-electron chi connectivity index (χ0n) is 16.2. The summed E-state index contributed by atoms with van der Waals surface area (Å²) in [7, 11) is 0. The fraction of sp³-hybridized carbons (Fsp3) is 0.500. The molecule has 2 aromatic rings. The second-order valence-corrected chi connectivity index (χ2v) is 8.48. The van der Waals surface area contributed by atoms with Crippen LogP contribution in [0.1, 0.15) is 55.8 Å². The summed E-state index contributed by atoms with van der Waals surface area (Å²) < 4.78 is 25.2. The Bertz CT molecular complexity index is 816. The molecule has 0 bridgehead atoms. The molecule has 0 aromatic heterocycles. The van der Waals surface area contributed by atoms with Gasteiger partial charge in [-0.1, -0.05) is 31.4 Å². The van der Waals surface area contributed by atoms with Gasteiger partial charge in [0.25, 0.3) is 0 Å². The van der Waals surface area contributed by atoms with Crippen molar-refractivity contribution >= 4 is 5.69 Å². The highest BCUT2D eigenvalue weighted by Crippen LogP contribution is 2.49. The average molecular weight is 381 g/mol. The average Bonchev–Trinajstić information content (AvgIpc) is 3.24. The Morgan fingerprint density at radius 1 is 1.00 bits per heavy atom. The number of rotatable bonds is 4. The van der Waals surface area contributed by atoms with E-state index in [1.54, 1.807) is 12.1 Å². The van der Waals surface area contributed by atoms with Gasteiger partial charge in [-0.2, -0.15) is 0 Å². The third-order valence-electron chi connectivity index (χ3n) is 6.73. The van der Waals surface area contributed by atoms with Gasteiger partial charge in [0.05, 0.1) is 6.10 Å². The topological polar surface area (TPSA) is 30.5 Å². The SMILES string of the molecule is Fc1ccc(COc2ccc3c(c2)[C@H]2OCC[C@H]2C(C2CCCCC2)N3)cc1. The van der Waals surface area contributed by atoms with Crippen molar-refractivity contribution in [2.75, 3.05) is 11.9 Å². The van der Waals surface area contributed by atoms with Crippen molar-refractivity contribution in [2.45, 2.75) is 57.3 Å². The molecular formula is C24H28FNO2. The Balaban J connectivity index is 1.34. The smallest absolute Gasteiger partial charge is 0.123 e. The maximum Gasteiger partial charge on any atom is 0.123 e. The first-order valence-electron chi connectivity index (χ1n) is 10.7. The van der Waals surface area contributed by atoms with Gasteiger partial charge in [-0.15, -0.1) is 0 Å². The van der Waals surface area contributed by atoms with Crippen LogP contribution in [0, 0.1) is 17.7 Å². The van der Waals surface area contributed by atoms with Crippen molar-refractivity contribution in [3.63, 3.8) is 0 Å². The van der Waals surface area contributed by atoms with E-state index in [-0.39, 0.29) is 11.9 Å². The van der Waals surface area contributed by atoms with Crippen LogP contribution in [0.2, 0.25) is 0 Å². The standard InChI is InChI=1S/C24H28FNO2/c25-18-8-6-16(7-9-18)15-28-19-10-11-22-21(14-19)24-20(12-13-27-24)23(26-22)17-4-2-1-3-5-17/h6-11,14,17,20,23-24,26H,1-5,12-13,15H2/t20-,23?,24-/m0/s1. The molecule has 148 valence electrons. The molecule has 2 aliphatic heterocycles. The van der Waals surface area contributed by atoms with Gasteiger partial charge in [0.2, 0.25) is 0 Å². The Morgan fingerprint density at radius 2 is 1.82 bits per heavy atom. The molecule has 0 amide bonds. The molecule has 28 heavy (non-hydrogen) atoms. The van der Waals surface area contributed by atoms with Crippen LogP contribution < -0.4 is 10.1 Å². The molecule has 1 aliphatic carbocycles. The van der Waals surface area contributed by atoms with Crippen molar-refractivity contribution in [2.24, 2.45) is 11.8 Å². The van der Waals surface area contributed by atoms with Crippen LogP contribution in [-0.4, -0.2) is 12.6 Å². The van der Waals surface area contributed by atoms with Gasteiger partial charge in [-0.25, -0.2) is 4.39 Å². The minimum atomic E-state index is -0.222. The van der Waals surface area contributed by atoms with Gasteiger partial charge in [0.1, 0.15) is 18.2 Å². The monoisotopic (exact) mass is 381 g/mol. The highest BCUT2D eigenvalue weighted by Gasteiger charge is 2.43. The lowest BCUT2D eigenvalue weighted by atomic mass is 9.73. The Morgan fingerprint density at radius 3 is 2.64 bits per heavy atom. The molecule has 5 rings (SSSR count). The van der Waals surface area contributed by atoms with E-state index < -0.39 is 0 Å². The number of hydrogen-bond acceptors (Lipinski definition) is 3. The minimum absolute atomic E-state index is 0.178. The zero-order valence-corrected chi connectivity index (χ0v) is 16.2. The fourth-order valence-corrected chi connectivity index (χ4v) is 5.29. The number of nitrogens with one attached hydrogen (secondary N) is 1. The van der Waals surface area contributed by atoms with E-state index in [9.17, 15) is 4.39 Å². The normalized spacial score (nSPS) is 27.0. The van der Waals surface area contributed by atoms with Gasteiger partial charge in [0, 0.05) is 29.8 Å². The Labute approximate surface area is 166 Å². The van der Waals surface area contributed by atoms with E-state index in [1.807, 2.05) is 6.07 Å². The molecule has 4 heteroatoms. The molecule has 3 atom stereocenters. The third-order valence-corrected chi connectivity index (χ3v) is 6.73. The molecule has 2 aromatic carbocycles. The largest absolute Gasteiger partial charge is 0.489 e. The summed E-state index contributed by atoms with van der Waals surface area (Å²) >= 11 is 0. The number of ether oxygens (including phenoxy) is 2. The van der Waals surface area contributed by atoms with E-state index in [2.05, 4.69) is 17.4 Å². The summed E-state index contributed by atoms with van der Waals surface area (Å²) in [5, 5.41) is 3.87. The first kappa shape index (κ1) is 18.0. The predicted molar refractivity (Wildman–Crippen MR) is 108 cm³/mol. The summed E-state index contributed by atoms with van der Waals surface area (Å²) in [5.74, 6) is 1.95. The molecule has 1 saturated carbocycles. The summed E-state index contributed by atoms with van der Waals surface area (Å²) in [6.45, 7) is 1.28. The maximum absolute atomic E-state index is 13.1. The van der Waals surface area contributed by atoms with Crippen LogP contribution in [0.4, 0.5) is 10.1 Å². The number of halogens is 1. The van der Waals surface area contributed by atoms with Crippen LogP contribution in [-0.2, 0) is 11.3 Å². The molecule has 1 unspecified atom stereocenters. The number of fused-ring (bicyclic) bond motifs is 3. The first-order valence-corrected chi connectivity index (χ1v) is 10.7. The van der Waals surface area contributed by atoms with Gasteiger partial charge < -0.3 is 14.8 Å². The van der Waals surface area contributed by atoms with Crippen molar-refractivity contribution in [1.82, 2.24) is 0 Å². The zero-order chi connectivity index (χ0) is 18.9. The number of benzene rings is 2. The van der Waals surface area contributed by atoms with Crippen molar-refractivity contribution in [3.05, 3.63) is 59.4 Å². The second-order valence-electron chi connectivity index (χ2n) is 8.48. The summed E-state index contributed by atoms with van der Waals surface area (Å²) in [5.41, 5.74) is 3.39. The summed E-state index contributed by atoms with van der Waals surface area (Å²) in [4.78, 5) is 0. The highest BCUT2D eigenvalue weighted by atomic mass is 19.1. The fourth-order valence-electron chi connectivity index (χ4n) is 5.29. The molecule has 1 N–H and O–H groups in total. The molecule has 2 fully saturated rings. The first-order chi connectivity index (χ1) is 13.8. The van der Waals surface area contributed by atoms with E-state index in [0.29, 0.717) is 18.6 Å². The Hall–Kier alpha value is -2.07. The quantitative estimate of drug-likeness (QED) is 0.720. The van der Waals surface area contributed by atoms with Crippen LogP contribution in [0.15, 0.2) is 42.5 Å². The highest BCUT2D eigenvalue weighted by molar-refractivity contribution is 5.58. The Kier molecular flexibility index (Phi) is 4.98. The summed E-state index contributed by atoms with van der Waals surface area (Å²) in [6.07, 6.45) is 8.12. The molecule has 0 spiro atoms. The van der Waals surface area contributed by atoms with Crippen LogP contribution >= 0.6 is 0 Å². The molecule has 3 nitrogen and oxygen atoms in total. The van der Waals surface area contributed by atoms with Crippen molar-refractivity contribution in [1.29, 1.82) is 0 Å². The second kappa shape index (κ2) is 7.75. The minimum Gasteiger partial charge on any atom is -0.489 e. The lowest BCUT2D eigenvalue weighted by molar-refractivity contribution is 0.0729. The molecule has 3 aliphatic rings. The lowest BCUT2D eigenvalue weighted by Crippen LogP contribution is -2.42. The molecular weight excluding hydrogens is 353 g/mol. The van der Waals surface area contributed by atoms with Crippen LogP contribution in [0.3, 0.4) is 0 Å². The molecule has 2 heterocycles. The van der Waals surface area contributed by atoms with Gasteiger partial charge in [0.15, 0.2) is 0 Å².